The number of rotatable bonds is 5. The van der Waals surface area contributed by atoms with Crippen molar-refractivity contribution in [2.75, 3.05) is 0 Å². The Bertz CT molecular complexity index is 958. The van der Waals surface area contributed by atoms with Crippen LogP contribution >= 0.6 is 0 Å². The first-order valence-electron chi connectivity index (χ1n) is 9.52. The van der Waals surface area contributed by atoms with Gasteiger partial charge >= 0.3 is 12.0 Å². The standard InChI is InChI=1S/C23H26N2O5/c1-14-10-12-16(13-11-14)19(26)17-8-6-7-9-18(17)21(28)30-15(2)20(27)24-22(29)25-23(3,4)5/h6-13,15H,1-5H3,(H2,24,25,27,29). The SMILES string of the molecule is Cc1ccc(C(=O)c2ccccc2C(=O)OC(C)C(=O)NC(=O)NC(C)(C)C)cc1. The minimum absolute atomic E-state index is 0.0434. The van der Waals surface area contributed by atoms with Gasteiger partial charge in [0.05, 0.1) is 5.56 Å². The summed E-state index contributed by atoms with van der Waals surface area (Å²) in [7, 11) is 0. The van der Waals surface area contributed by atoms with Crippen molar-refractivity contribution in [1.82, 2.24) is 10.6 Å². The van der Waals surface area contributed by atoms with Gasteiger partial charge in [-0.25, -0.2) is 9.59 Å². The molecule has 0 spiro atoms. The summed E-state index contributed by atoms with van der Waals surface area (Å²) in [5.74, 6) is -1.93. The smallest absolute Gasteiger partial charge is 0.339 e. The molecule has 0 saturated heterocycles. The summed E-state index contributed by atoms with van der Waals surface area (Å²) in [5, 5.41) is 4.71. The van der Waals surface area contributed by atoms with Crippen LogP contribution in [0.15, 0.2) is 48.5 Å². The van der Waals surface area contributed by atoms with Gasteiger partial charge in [0.1, 0.15) is 0 Å². The second-order valence-corrected chi connectivity index (χ2v) is 7.98. The van der Waals surface area contributed by atoms with Crippen molar-refractivity contribution in [3.05, 3.63) is 70.8 Å². The number of aryl methyl sites for hydroxylation is 1. The molecule has 0 aliphatic heterocycles. The van der Waals surface area contributed by atoms with Gasteiger partial charge in [0, 0.05) is 16.7 Å². The van der Waals surface area contributed by atoms with Crippen LogP contribution in [-0.4, -0.2) is 35.3 Å². The molecule has 0 saturated carbocycles. The van der Waals surface area contributed by atoms with Crippen LogP contribution < -0.4 is 10.6 Å². The van der Waals surface area contributed by atoms with Gasteiger partial charge in [-0.15, -0.1) is 0 Å². The zero-order valence-electron chi connectivity index (χ0n) is 17.7. The number of carbonyl (C=O) groups excluding carboxylic acids is 4. The highest BCUT2D eigenvalue weighted by Crippen LogP contribution is 2.17. The van der Waals surface area contributed by atoms with E-state index in [-0.39, 0.29) is 16.9 Å². The molecular weight excluding hydrogens is 384 g/mol. The highest BCUT2D eigenvalue weighted by molar-refractivity contribution is 6.14. The summed E-state index contributed by atoms with van der Waals surface area (Å²) < 4.78 is 5.19. The van der Waals surface area contributed by atoms with Crippen molar-refractivity contribution in [2.45, 2.75) is 46.3 Å². The number of esters is 1. The number of urea groups is 1. The summed E-state index contributed by atoms with van der Waals surface area (Å²) in [4.78, 5) is 49.5. The van der Waals surface area contributed by atoms with Crippen molar-refractivity contribution in [3.63, 3.8) is 0 Å². The summed E-state index contributed by atoms with van der Waals surface area (Å²) in [6.45, 7) is 8.56. The van der Waals surface area contributed by atoms with E-state index >= 15 is 0 Å². The summed E-state index contributed by atoms with van der Waals surface area (Å²) >= 11 is 0. The maximum Gasteiger partial charge on any atom is 0.339 e. The van der Waals surface area contributed by atoms with Gasteiger partial charge in [-0.05, 0) is 40.7 Å². The van der Waals surface area contributed by atoms with E-state index in [9.17, 15) is 19.2 Å². The average molecular weight is 410 g/mol. The van der Waals surface area contributed by atoms with Gasteiger partial charge < -0.3 is 10.1 Å². The van der Waals surface area contributed by atoms with Gasteiger partial charge in [0.25, 0.3) is 5.91 Å². The van der Waals surface area contributed by atoms with Gasteiger partial charge in [0.2, 0.25) is 0 Å². The monoisotopic (exact) mass is 410 g/mol. The topological polar surface area (TPSA) is 102 Å². The number of imide groups is 1. The first kappa shape index (κ1) is 22.8. The third kappa shape index (κ3) is 6.27. The molecule has 0 fully saturated rings. The quantitative estimate of drug-likeness (QED) is 0.581. The van der Waals surface area contributed by atoms with Crippen LogP contribution in [0, 0.1) is 6.92 Å². The predicted molar refractivity (Wildman–Crippen MR) is 112 cm³/mol. The molecule has 2 aromatic rings. The molecule has 0 radical (unpaired) electrons. The van der Waals surface area contributed by atoms with E-state index in [0.717, 1.165) is 5.56 Å². The lowest BCUT2D eigenvalue weighted by Crippen LogP contribution is -2.50. The summed E-state index contributed by atoms with van der Waals surface area (Å²) in [6.07, 6.45) is -1.23. The Morgan fingerprint density at radius 2 is 1.47 bits per heavy atom. The van der Waals surface area contributed by atoms with E-state index in [1.165, 1.54) is 19.1 Å². The zero-order valence-corrected chi connectivity index (χ0v) is 17.7. The Kier molecular flexibility index (Phi) is 7.10. The molecule has 2 rings (SSSR count). The molecule has 2 aromatic carbocycles. The fourth-order valence-electron chi connectivity index (χ4n) is 2.58. The Hall–Kier alpha value is -3.48. The normalized spacial score (nSPS) is 11.9. The second kappa shape index (κ2) is 9.35. The molecule has 0 aliphatic rings. The molecule has 7 nitrogen and oxygen atoms in total. The third-order valence-corrected chi connectivity index (χ3v) is 4.08. The highest BCUT2D eigenvalue weighted by atomic mass is 16.5. The Labute approximate surface area is 175 Å². The maximum absolute atomic E-state index is 12.8. The second-order valence-electron chi connectivity index (χ2n) is 7.98. The van der Waals surface area contributed by atoms with Crippen LogP contribution in [0.5, 0.6) is 0 Å². The van der Waals surface area contributed by atoms with Crippen molar-refractivity contribution >= 4 is 23.7 Å². The first-order valence-corrected chi connectivity index (χ1v) is 9.52. The minimum Gasteiger partial charge on any atom is -0.449 e. The van der Waals surface area contributed by atoms with Crippen LogP contribution in [0.25, 0.3) is 0 Å². The maximum atomic E-state index is 12.8. The Morgan fingerprint density at radius 3 is 2.03 bits per heavy atom. The van der Waals surface area contributed by atoms with Crippen molar-refractivity contribution < 1.29 is 23.9 Å². The lowest BCUT2D eigenvalue weighted by atomic mass is 9.98. The molecular formula is C23H26N2O5. The van der Waals surface area contributed by atoms with Crippen LogP contribution in [0.3, 0.4) is 0 Å². The molecule has 158 valence electrons. The number of ether oxygens (including phenoxy) is 1. The van der Waals surface area contributed by atoms with E-state index in [2.05, 4.69) is 10.6 Å². The molecule has 0 bridgehead atoms. The van der Waals surface area contributed by atoms with E-state index in [0.29, 0.717) is 5.56 Å². The van der Waals surface area contributed by atoms with Gasteiger partial charge in [0.15, 0.2) is 11.9 Å². The molecule has 0 aliphatic carbocycles. The first-order chi connectivity index (χ1) is 14.0. The molecule has 30 heavy (non-hydrogen) atoms. The lowest BCUT2D eigenvalue weighted by molar-refractivity contribution is -0.127. The molecule has 7 heteroatoms. The average Bonchev–Trinajstić information content (AvgIpc) is 2.66. The fourth-order valence-corrected chi connectivity index (χ4v) is 2.58. The molecule has 0 aromatic heterocycles. The third-order valence-electron chi connectivity index (χ3n) is 4.08. The summed E-state index contributed by atoms with van der Waals surface area (Å²) in [6, 6.07) is 12.5. The number of carbonyl (C=O) groups is 4. The zero-order chi connectivity index (χ0) is 22.5. The van der Waals surface area contributed by atoms with Gasteiger partial charge in [-0.1, -0.05) is 48.0 Å². The predicted octanol–water partition coefficient (Wildman–Crippen LogP) is 3.40. The molecule has 0 heterocycles. The lowest BCUT2D eigenvalue weighted by Gasteiger charge is -2.21. The minimum atomic E-state index is -1.23. The van der Waals surface area contributed by atoms with E-state index in [1.807, 2.05) is 19.1 Å². The van der Waals surface area contributed by atoms with Crippen LogP contribution in [0.1, 0.15) is 59.5 Å². The molecule has 1 unspecified atom stereocenters. The van der Waals surface area contributed by atoms with E-state index in [1.54, 1.807) is 45.0 Å². The molecule has 2 N–H and O–H groups in total. The number of hydrogen-bond acceptors (Lipinski definition) is 5. The summed E-state index contributed by atoms with van der Waals surface area (Å²) in [5.41, 5.74) is 1.13. The van der Waals surface area contributed by atoms with Crippen LogP contribution in [0.2, 0.25) is 0 Å². The molecule has 1 atom stereocenters. The van der Waals surface area contributed by atoms with E-state index in [4.69, 9.17) is 4.74 Å². The number of hydrogen-bond donors (Lipinski definition) is 2. The number of amides is 3. The number of nitrogens with one attached hydrogen (secondary N) is 2. The van der Waals surface area contributed by atoms with E-state index < -0.39 is 29.6 Å². The Balaban J connectivity index is 2.12. The number of benzene rings is 2. The largest absolute Gasteiger partial charge is 0.449 e. The highest BCUT2D eigenvalue weighted by Gasteiger charge is 2.25. The van der Waals surface area contributed by atoms with Crippen molar-refractivity contribution in [3.8, 4) is 0 Å². The molecule has 3 amide bonds. The Morgan fingerprint density at radius 1 is 0.900 bits per heavy atom. The van der Waals surface area contributed by atoms with Crippen molar-refractivity contribution in [2.24, 2.45) is 0 Å². The van der Waals surface area contributed by atoms with Crippen LogP contribution in [-0.2, 0) is 9.53 Å². The van der Waals surface area contributed by atoms with Gasteiger partial charge in [-0.3, -0.25) is 14.9 Å². The van der Waals surface area contributed by atoms with Crippen LogP contribution in [0.4, 0.5) is 4.79 Å². The number of ketones is 1. The van der Waals surface area contributed by atoms with Crippen molar-refractivity contribution in [1.29, 1.82) is 0 Å². The van der Waals surface area contributed by atoms with Gasteiger partial charge in [-0.2, -0.15) is 0 Å². The fraction of sp³-hybridized carbons (Fsp3) is 0.304.